The molecule has 7 heteroatoms. The predicted molar refractivity (Wildman–Crippen MR) is 107 cm³/mol. The van der Waals surface area contributed by atoms with Gasteiger partial charge in [-0.2, -0.15) is 5.10 Å². The molecule has 0 bridgehead atoms. The fourth-order valence-corrected chi connectivity index (χ4v) is 2.56. The number of aromatic nitrogens is 2. The highest BCUT2D eigenvalue weighted by atomic mass is 19.1. The highest BCUT2D eigenvalue weighted by molar-refractivity contribution is 5.96. The third kappa shape index (κ3) is 6.14. The summed E-state index contributed by atoms with van der Waals surface area (Å²) in [5.74, 6) is -1.68. The van der Waals surface area contributed by atoms with Crippen LogP contribution in [0.3, 0.4) is 0 Å². The second kappa shape index (κ2) is 9.45. The Kier molecular flexibility index (Phi) is 6.52. The molecule has 0 saturated carbocycles. The number of hydrogen-bond acceptors (Lipinski definition) is 4. The Morgan fingerprint density at radius 3 is 2.76 bits per heavy atom. The first kappa shape index (κ1) is 20.0. The number of ether oxygens (including phenoxy) is 1. The molecule has 3 rings (SSSR count). The smallest absolute Gasteiger partial charge is 0.331 e. The van der Waals surface area contributed by atoms with Crippen LogP contribution in [-0.4, -0.2) is 27.8 Å². The van der Waals surface area contributed by atoms with Gasteiger partial charge < -0.3 is 10.1 Å². The lowest BCUT2D eigenvalue weighted by Crippen LogP contribution is -2.29. The van der Waals surface area contributed by atoms with Crippen LogP contribution >= 0.6 is 0 Å². The lowest BCUT2D eigenvalue weighted by molar-refractivity contribution is -0.148. The zero-order chi connectivity index (χ0) is 20.6. The van der Waals surface area contributed by atoms with E-state index in [1.807, 2.05) is 30.3 Å². The molecule has 0 unspecified atom stereocenters. The number of nitrogens with zero attached hydrogens (tertiary/aromatic N) is 2. The molecule has 1 aromatic heterocycles. The maximum atomic E-state index is 13.2. The Morgan fingerprint density at radius 1 is 1.21 bits per heavy atom. The molecule has 29 heavy (non-hydrogen) atoms. The van der Waals surface area contributed by atoms with Gasteiger partial charge in [-0.3, -0.25) is 9.48 Å². The molecule has 0 aliphatic rings. The van der Waals surface area contributed by atoms with Crippen molar-refractivity contribution in [3.63, 3.8) is 0 Å². The summed E-state index contributed by atoms with van der Waals surface area (Å²) in [6.45, 7) is 2.06. The summed E-state index contributed by atoms with van der Waals surface area (Å²) in [5.41, 5.74) is 2.14. The van der Waals surface area contributed by atoms with Gasteiger partial charge in [-0.15, -0.1) is 0 Å². The molecule has 3 aromatic rings. The van der Waals surface area contributed by atoms with Crippen LogP contribution < -0.4 is 5.32 Å². The Balaban J connectivity index is 1.50. The molecular formula is C22H20FN3O3. The number of rotatable bonds is 7. The van der Waals surface area contributed by atoms with E-state index in [0.717, 1.165) is 11.1 Å². The third-order valence-corrected chi connectivity index (χ3v) is 4.01. The van der Waals surface area contributed by atoms with E-state index >= 15 is 0 Å². The van der Waals surface area contributed by atoms with Crippen molar-refractivity contribution in [1.29, 1.82) is 0 Å². The van der Waals surface area contributed by atoms with E-state index in [2.05, 4.69) is 10.4 Å². The van der Waals surface area contributed by atoms with E-state index in [4.69, 9.17) is 4.74 Å². The molecule has 1 amide bonds. The van der Waals surface area contributed by atoms with Crippen molar-refractivity contribution in [3.8, 4) is 0 Å². The number of halogens is 1. The normalized spacial score (nSPS) is 11.9. The van der Waals surface area contributed by atoms with Gasteiger partial charge in [0, 0.05) is 23.5 Å². The van der Waals surface area contributed by atoms with Crippen LogP contribution in [0.25, 0.3) is 6.08 Å². The Bertz CT molecular complexity index is 1010. The first-order valence-corrected chi connectivity index (χ1v) is 9.01. The van der Waals surface area contributed by atoms with Crippen LogP contribution in [0.5, 0.6) is 0 Å². The van der Waals surface area contributed by atoms with Gasteiger partial charge in [-0.05, 0) is 36.8 Å². The quantitative estimate of drug-likeness (QED) is 0.491. The predicted octanol–water partition coefficient (Wildman–Crippen LogP) is 3.65. The fourth-order valence-electron chi connectivity index (χ4n) is 2.56. The molecule has 0 radical (unpaired) electrons. The molecule has 1 heterocycles. The third-order valence-electron chi connectivity index (χ3n) is 4.01. The first-order chi connectivity index (χ1) is 14.0. The van der Waals surface area contributed by atoms with Crippen molar-refractivity contribution in [2.45, 2.75) is 19.6 Å². The number of amides is 1. The van der Waals surface area contributed by atoms with Crippen molar-refractivity contribution in [3.05, 3.63) is 90.0 Å². The first-order valence-electron chi connectivity index (χ1n) is 9.01. The van der Waals surface area contributed by atoms with Crippen molar-refractivity contribution in [2.24, 2.45) is 0 Å². The number of esters is 1. The maximum absolute atomic E-state index is 13.2. The molecule has 6 nitrogen and oxygen atoms in total. The van der Waals surface area contributed by atoms with Crippen LogP contribution in [0.2, 0.25) is 0 Å². The van der Waals surface area contributed by atoms with Crippen LogP contribution in [0.4, 0.5) is 10.1 Å². The van der Waals surface area contributed by atoms with Crippen LogP contribution in [-0.2, 0) is 20.9 Å². The van der Waals surface area contributed by atoms with Gasteiger partial charge in [-0.25, -0.2) is 9.18 Å². The van der Waals surface area contributed by atoms with E-state index in [9.17, 15) is 14.0 Å². The van der Waals surface area contributed by atoms with E-state index in [1.165, 1.54) is 31.2 Å². The minimum absolute atomic E-state index is 0.291. The maximum Gasteiger partial charge on any atom is 0.331 e. The van der Waals surface area contributed by atoms with Gasteiger partial charge in [0.25, 0.3) is 5.91 Å². The topological polar surface area (TPSA) is 73.2 Å². The molecule has 0 spiro atoms. The second-order valence-electron chi connectivity index (χ2n) is 6.37. The summed E-state index contributed by atoms with van der Waals surface area (Å²) < 4.78 is 20.0. The average Bonchev–Trinajstić information content (AvgIpc) is 3.14. The number of carbonyl (C=O) groups is 2. The van der Waals surface area contributed by atoms with Crippen molar-refractivity contribution < 1.29 is 18.7 Å². The number of nitrogens with one attached hydrogen (secondary N) is 1. The van der Waals surface area contributed by atoms with E-state index in [-0.39, 0.29) is 0 Å². The molecule has 0 aliphatic heterocycles. The SMILES string of the molecule is C[C@H](OC(=O)/C=C/c1cnn(Cc2ccccc2)c1)C(=O)Nc1cccc(F)c1. The molecular weight excluding hydrogens is 373 g/mol. The van der Waals surface area contributed by atoms with Crippen molar-refractivity contribution in [1.82, 2.24) is 9.78 Å². The Labute approximate surface area is 167 Å². The Morgan fingerprint density at radius 2 is 2.00 bits per heavy atom. The van der Waals surface area contributed by atoms with Gasteiger partial charge in [0.2, 0.25) is 0 Å². The lowest BCUT2D eigenvalue weighted by Gasteiger charge is -2.12. The number of hydrogen-bond donors (Lipinski definition) is 1. The molecule has 1 N–H and O–H groups in total. The van der Waals surface area contributed by atoms with Crippen LogP contribution in [0.1, 0.15) is 18.1 Å². The minimum Gasteiger partial charge on any atom is -0.449 e. The molecule has 148 valence electrons. The Hall–Kier alpha value is -3.74. The van der Waals surface area contributed by atoms with E-state index < -0.39 is 23.8 Å². The van der Waals surface area contributed by atoms with Crippen LogP contribution in [0, 0.1) is 5.82 Å². The summed E-state index contributed by atoms with van der Waals surface area (Å²) in [4.78, 5) is 24.0. The zero-order valence-electron chi connectivity index (χ0n) is 15.8. The summed E-state index contributed by atoms with van der Waals surface area (Å²) in [6.07, 6.45) is 5.20. The average molecular weight is 393 g/mol. The van der Waals surface area contributed by atoms with Gasteiger partial charge in [0.1, 0.15) is 5.82 Å². The summed E-state index contributed by atoms with van der Waals surface area (Å²) in [7, 11) is 0. The zero-order valence-corrected chi connectivity index (χ0v) is 15.8. The molecule has 0 saturated heterocycles. The molecule has 1 atom stereocenters. The minimum atomic E-state index is -1.03. The standard InChI is InChI=1S/C22H20FN3O3/c1-16(22(28)25-20-9-5-8-19(23)12-20)29-21(27)11-10-18-13-24-26(15-18)14-17-6-3-2-4-7-17/h2-13,15-16H,14H2,1H3,(H,25,28)/b11-10+/t16-/m0/s1. The lowest BCUT2D eigenvalue weighted by atomic mass is 10.2. The number of carbonyl (C=O) groups excluding carboxylic acids is 2. The van der Waals surface area contributed by atoms with E-state index in [1.54, 1.807) is 29.2 Å². The highest BCUT2D eigenvalue weighted by Gasteiger charge is 2.16. The largest absolute Gasteiger partial charge is 0.449 e. The highest BCUT2D eigenvalue weighted by Crippen LogP contribution is 2.10. The summed E-state index contributed by atoms with van der Waals surface area (Å²) in [6, 6.07) is 15.3. The van der Waals surface area contributed by atoms with Gasteiger partial charge >= 0.3 is 5.97 Å². The molecule has 0 fully saturated rings. The summed E-state index contributed by atoms with van der Waals surface area (Å²) >= 11 is 0. The van der Waals surface area contributed by atoms with Gasteiger partial charge in [-0.1, -0.05) is 36.4 Å². The van der Waals surface area contributed by atoms with Crippen molar-refractivity contribution in [2.75, 3.05) is 5.32 Å². The van der Waals surface area contributed by atoms with Gasteiger partial charge in [0.05, 0.1) is 12.7 Å². The molecule has 0 aliphatic carbocycles. The monoisotopic (exact) mass is 393 g/mol. The van der Waals surface area contributed by atoms with E-state index in [0.29, 0.717) is 12.2 Å². The second-order valence-corrected chi connectivity index (χ2v) is 6.37. The number of benzene rings is 2. The van der Waals surface area contributed by atoms with Crippen molar-refractivity contribution >= 4 is 23.6 Å². The molecule has 2 aromatic carbocycles. The summed E-state index contributed by atoms with van der Waals surface area (Å²) in [5, 5.41) is 6.75. The fraction of sp³-hybridized carbons (Fsp3) is 0.136. The van der Waals surface area contributed by atoms with Crippen LogP contribution in [0.15, 0.2) is 73.1 Å². The number of anilines is 1. The van der Waals surface area contributed by atoms with Gasteiger partial charge in [0.15, 0.2) is 6.10 Å².